The minimum Gasteiger partial charge on any atom is -0.384 e. The van der Waals surface area contributed by atoms with Crippen molar-refractivity contribution >= 4 is 0 Å². The van der Waals surface area contributed by atoms with Crippen LogP contribution in [0.15, 0.2) is 18.3 Å². The second kappa shape index (κ2) is 9.09. The molecule has 1 aromatic heterocycles. The van der Waals surface area contributed by atoms with Crippen molar-refractivity contribution in [3.05, 3.63) is 29.6 Å². The van der Waals surface area contributed by atoms with Crippen molar-refractivity contribution in [2.24, 2.45) is 52.8 Å². The molecule has 1 aromatic rings. The van der Waals surface area contributed by atoms with Crippen LogP contribution >= 0.6 is 0 Å². The second-order valence-corrected chi connectivity index (χ2v) is 12.1. The molecule has 0 saturated heterocycles. The van der Waals surface area contributed by atoms with Crippen LogP contribution in [0, 0.1) is 64.1 Å². The third-order valence-electron chi connectivity index (χ3n) is 10.7. The first-order valence-electron chi connectivity index (χ1n) is 13.4. The molecule has 0 bridgehead atoms. The Labute approximate surface area is 195 Å². The van der Waals surface area contributed by atoms with Gasteiger partial charge in [-0.1, -0.05) is 19.9 Å². The Kier molecular flexibility index (Phi) is 6.36. The van der Waals surface area contributed by atoms with Crippen molar-refractivity contribution in [2.45, 2.75) is 78.1 Å². The first-order chi connectivity index (χ1) is 15.5. The smallest absolute Gasteiger partial charge is 0.140 e. The SMILES string of the molecule is COC[C@H]1CC[C@H]2[C@H](CC[C@@H]3[C@@H]2CC[C@]2(C)[C@@H]([C@H](C)Cc4ccc(C#N)nc4)CC[C@@H]32)C1. The van der Waals surface area contributed by atoms with Gasteiger partial charge in [-0.25, -0.2) is 4.98 Å². The molecule has 4 saturated carbocycles. The molecule has 9 atom stereocenters. The number of nitriles is 1. The second-order valence-electron chi connectivity index (χ2n) is 12.1. The van der Waals surface area contributed by atoms with Gasteiger partial charge in [0.15, 0.2) is 0 Å². The van der Waals surface area contributed by atoms with Crippen LogP contribution in [0.4, 0.5) is 0 Å². The van der Waals surface area contributed by atoms with Crippen LogP contribution in [0.25, 0.3) is 0 Å². The van der Waals surface area contributed by atoms with Gasteiger partial charge in [0, 0.05) is 19.9 Å². The highest BCUT2D eigenvalue weighted by Gasteiger charge is 2.57. The van der Waals surface area contributed by atoms with Crippen LogP contribution in [-0.4, -0.2) is 18.7 Å². The van der Waals surface area contributed by atoms with E-state index in [1.807, 2.05) is 19.4 Å². The lowest BCUT2D eigenvalue weighted by atomic mass is 9.48. The molecule has 0 radical (unpaired) electrons. The predicted octanol–water partition coefficient (Wildman–Crippen LogP) is 6.66. The molecule has 3 nitrogen and oxygen atoms in total. The lowest BCUT2D eigenvalue weighted by Crippen LogP contribution is -2.49. The normalized spacial score (nSPS) is 41.8. The fourth-order valence-corrected chi connectivity index (χ4v) is 9.44. The summed E-state index contributed by atoms with van der Waals surface area (Å²) in [6.45, 7) is 6.13. The maximum Gasteiger partial charge on any atom is 0.140 e. The topological polar surface area (TPSA) is 45.9 Å². The van der Waals surface area contributed by atoms with Gasteiger partial charge in [0.1, 0.15) is 11.8 Å². The predicted molar refractivity (Wildman–Crippen MR) is 128 cm³/mol. The van der Waals surface area contributed by atoms with E-state index >= 15 is 0 Å². The molecule has 1 heterocycles. The van der Waals surface area contributed by atoms with Crippen molar-refractivity contribution < 1.29 is 4.74 Å². The number of methoxy groups -OCH3 is 1. The molecule has 32 heavy (non-hydrogen) atoms. The molecule has 4 aliphatic rings. The average Bonchev–Trinajstić information content (AvgIpc) is 3.17. The average molecular weight is 435 g/mol. The Morgan fingerprint density at radius 3 is 2.69 bits per heavy atom. The van der Waals surface area contributed by atoms with Gasteiger partial charge in [0.2, 0.25) is 0 Å². The first kappa shape index (κ1) is 22.4. The zero-order valence-electron chi connectivity index (χ0n) is 20.4. The summed E-state index contributed by atoms with van der Waals surface area (Å²) in [7, 11) is 1.88. The third-order valence-corrected chi connectivity index (χ3v) is 10.7. The maximum absolute atomic E-state index is 9.03. The van der Waals surface area contributed by atoms with Crippen molar-refractivity contribution in [1.82, 2.24) is 4.98 Å². The lowest BCUT2D eigenvalue weighted by Gasteiger charge is -2.57. The molecule has 5 rings (SSSR count). The molecular weight excluding hydrogens is 392 g/mol. The van der Waals surface area contributed by atoms with Gasteiger partial charge in [-0.15, -0.1) is 0 Å². The highest BCUT2D eigenvalue weighted by molar-refractivity contribution is 5.23. The summed E-state index contributed by atoms with van der Waals surface area (Å²) in [6.07, 6.45) is 16.1. The van der Waals surface area contributed by atoms with Gasteiger partial charge in [-0.2, -0.15) is 5.26 Å². The molecule has 0 aliphatic heterocycles. The summed E-state index contributed by atoms with van der Waals surface area (Å²) in [5, 5.41) is 9.03. The van der Waals surface area contributed by atoms with Crippen LogP contribution < -0.4 is 0 Å². The van der Waals surface area contributed by atoms with Gasteiger partial charge in [-0.05, 0) is 129 Å². The highest BCUT2D eigenvalue weighted by Crippen LogP contribution is 2.65. The van der Waals surface area contributed by atoms with Crippen molar-refractivity contribution in [3.63, 3.8) is 0 Å². The van der Waals surface area contributed by atoms with Crippen molar-refractivity contribution in [2.75, 3.05) is 13.7 Å². The Bertz CT molecular complexity index is 829. The van der Waals surface area contributed by atoms with E-state index < -0.39 is 0 Å². The molecule has 0 amide bonds. The van der Waals surface area contributed by atoms with E-state index in [1.54, 1.807) is 0 Å². The van der Waals surface area contributed by atoms with Gasteiger partial charge < -0.3 is 4.74 Å². The number of hydrogen-bond donors (Lipinski definition) is 0. The third kappa shape index (κ3) is 3.91. The van der Waals surface area contributed by atoms with Gasteiger partial charge in [0.25, 0.3) is 0 Å². The van der Waals surface area contributed by atoms with E-state index in [1.165, 1.54) is 63.4 Å². The van der Waals surface area contributed by atoms with Crippen LogP contribution in [0.1, 0.15) is 82.9 Å². The van der Waals surface area contributed by atoms with Crippen LogP contribution in [-0.2, 0) is 11.2 Å². The summed E-state index contributed by atoms with van der Waals surface area (Å²) in [5.74, 6) is 7.28. The number of rotatable bonds is 5. The Morgan fingerprint density at radius 2 is 1.94 bits per heavy atom. The Hall–Kier alpha value is -1.40. The molecule has 0 aromatic carbocycles. The number of ether oxygens (including phenoxy) is 1. The van der Waals surface area contributed by atoms with Crippen LogP contribution in [0.3, 0.4) is 0 Å². The summed E-state index contributed by atoms with van der Waals surface area (Å²) in [4.78, 5) is 4.32. The minimum absolute atomic E-state index is 0.527. The molecule has 4 fully saturated rings. The van der Waals surface area contributed by atoms with Crippen molar-refractivity contribution in [3.8, 4) is 6.07 Å². The van der Waals surface area contributed by atoms with E-state index in [0.717, 1.165) is 54.5 Å². The van der Waals surface area contributed by atoms with Crippen LogP contribution in [0.5, 0.6) is 0 Å². The number of hydrogen-bond acceptors (Lipinski definition) is 3. The molecule has 0 spiro atoms. The standard InChI is InChI=1S/C29H42N2O/c1-19(14-20-4-7-23(16-30)31-17-20)27-10-11-28-26-9-6-22-15-21(18-32-3)5-8-24(22)25(26)12-13-29(27,28)2/h4,7,17,19,21-22,24-28H,5-6,8-15,18H2,1-3H3/t19-,21+,22-,24+,25-,26-,27-,28+,29-/m1/s1. The van der Waals surface area contributed by atoms with E-state index in [-0.39, 0.29) is 0 Å². The Balaban J connectivity index is 1.26. The van der Waals surface area contributed by atoms with E-state index in [4.69, 9.17) is 10.00 Å². The molecule has 0 N–H and O–H groups in total. The Morgan fingerprint density at radius 1 is 1.09 bits per heavy atom. The largest absolute Gasteiger partial charge is 0.384 e. The molecular formula is C29H42N2O. The highest BCUT2D eigenvalue weighted by atomic mass is 16.5. The molecule has 174 valence electrons. The molecule has 3 heteroatoms. The van der Waals surface area contributed by atoms with Gasteiger partial charge in [0.05, 0.1) is 0 Å². The van der Waals surface area contributed by atoms with E-state index in [0.29, 0.717) is 17.0 Å². The number of pyridine rings is 1. The summed E-state index contributed by atoms with van der Waals surface area (Å²) < 4.78 is 5.51. The summed E-state index contributed by atoms with van der Waals surface area (Å²) >= 11 is 0. The van der Waals surface area contributed by atoms with Gasteiger partial charge in [-0.3, -0.25) is 0 Å². The van der Waals surface area contributed by atoms with Gasteiger partial charge >= 0.3 is 0 Å². The van der Waals surface area contributed by atoms with E-state index in [2.05, 4.69) is 31.0 Å². The monoisotopic (exact) mass is 434 g/mol. The van der Waals surface area contributed by atoms with Crippen molar-refractivity contribution in [1.29, 1.82) is 5.26 Å². The number of fused-ring (bicyclic) bond motifs is 5. The number of nitrogens with zero attached hydrogens (tertiary/aromatic N) is 2. The zero-order valence-corrected chi connectivity index (χ0v) is 20.4. The minimum atomic E-state index is 0.527. The first-order valence-corrected chi connectivity index (χ1v) is 13.4. The fourth-order valence-electron chi connectivity index (χ4n) is 9.44. The van der Waals surface area contributed by atoms with Crippen LogP contribution in [0.2, 0.25) is 0 Å². The number of aromatic nitrogens is 1. The fraction of sp³-hybridized carbons (Fsp3) is 0.793. The molecule has 4 aliphatic carbocycles. The quantitative estimate of drug-likeness (QED) is 0.520. The maximum atomic E-state index is 9.03. The summed E-state index contributed by atoms with van der Waals surface area (Å²) in [5.41, 5.74) is 2.35. The molecule has 0 unspecified atom stereocenters. The van der Waals surface area contributed by atoms with E-state index in [9.17, 15) is 0 Å². The zero-order chi connectivity index (χ0) is 22.3. The lowest BCUT2D eigenvalue weighted by molar-refractivity contribution is -0.0769. The summed E-state index contributed by atoms with van der Waals surface area (Å²) in [6, 6.07) is 6.14.